The van der Waals surface area contributed by atoms with E-state index < -0.39 is 0 Å². The van der Waals surface area contributed by atoms with Crippen LogP contribution in [0, 0.1) is 5.82 Å². The molecule has 3 rings (SSSR count). The first-order valence-corrected chi connectivity index (χ1v) is 8.71. The van der Waals surface area contributed by atoms with Gasteiger partial charge in [0.1, 0.15) is 5.82 Å². The lowest BCUT2D eigenvalue weighted by atomic mass is 9.91. The summed E-state index contributed by atoms with van der Waals surface area (Å²) in [5.74, 6) is 0.290. The van der Waals surface area contributed by atoms with Crippen molar-refractivity contribution in [2.45, 2.75) is 25.3 Å². The minimum absolute atomic E-state index is 0.0306. The largest absolute Gasteiger partial charge is 0.340 e. The fourth-order valence-electron chi connectivity index (χ4n) is 3.36. The van der Waals surface area contributed by atoms with Crippen LogP contribution in [0.5, 0.6) is 0 Å². The maximum Gasteiger partial charge on any atom is 0.236 e. The standard InChI is InChI=1S/C19H25FN4O/c1-22(12-16-5-3-4-6-18(16)20)19(25)14-24-9-7-15(8-10-24)17-11-21-23(2)13-17/h3-6,11,13,15H,7-10,12,14H2,1-2H3. The van der Waals surface area contributed by atoms with E-state index in [1.165, 1.54) is 11.6 Å². The van der Waals surface area contributed by atoms with Crippen molar-refractivity contribution < 1.29 is 9.18 Å². The summed E-state index contributed by atoms with van der Waals surface area (Å²) >= 11 is 0. The van der Waals surface area contributed by atoms with Crippen LogP contribution in [0.1, 0.15) is 29.9 Å². The van der Waals surface area contributed by atoms with Crippen LogP contribution in [0.4, 0.5) is 4.39 Å². The second kappa shape index (κ2) is 7.78. The van der Waals surface area contributed by atoms with Crippen LogP contribution in [0.2, 0.25) is 0 Å². The van der Waals surface area contributed by atoms with E-state index in [9.17, 15) is 9.18 Å². The lowest BCUT2D eigenvalue weighted by molar-refractivity contribution is -0.131. The molecule has 1 saturated heterocycles. The number of benzene rings is 1. The molecule has 1 aromatic carbocycles. The van der Waals surface area contributed by atoms with Crippen LogP contribution >= 0.6 is 0 Å². The van der Waals surface area contributed by atoms with Crippen molar-refractivity contribution in [3.8, 4) is 0 Å². The van der Waals surface area contributed by atoms with E-state index in [4.69, 9.17) is 0 Å². The number of halogens is 1. The molecule has 0 radical (unpaired) electrons. The van der Waals surface area contributed by atoms with Gasteiger partial charge in [0.2, 0.25) is 5.91 Å². The normalized spacial score (nSPS) is 16.1. The molecule has 0 bridgehead atoms. The van der Waals surface area contributed by atoms with Crippen molar-refractivity contribution in [1.29, 1.82) is 0 Å². The zero-order valence-electron chi connectivity index (χ0n) is 14.9. The molecule has 2 heterocycles. The number of nitrogens with zero attached hydrogens (tertiary/aromatic N) is 4. The Bertz CT molecular complexity index is 722. The molecule has 5 nitrogen and oxygen atoms in total. The molecule has 0 aliphatic carbocycles. The summed E-state index contributed by atoms with van der Waals surface area (Å²) < 4.78 is 15.6. The lowest BCUT2D eigenvalue weighted by Gasteiger charge is -2.32. The maximum atomic E-state index is 13.7. The SMILES string of the molecule is CN(Cc1ccccc1F)C(=O)CN1CCC(c2cnn(C)c2)CC1. The molecule has 134 valence electrons. The Morgan fingerprint density at radius 1 is 1.32 bits per heavy atom. The number of hydrogen-bond donors (Lipinski definition) is 0. The summed E-state index contributed by atoms with van der Waals surface area (Å²) in [4.78, 5) is 16.2. The molecule has 0 atom stereocenters. The van der Waals surface area contributed by atoms with Crippen LogP contribution in [0.3, 0.4) is 0 Å². The van der Waals surface area contributed by atoms with Crippen LogP contribution in [0.15, 0.2) is 36.7 Å². The summed E-state index contributed by atoms with van der Waals surface area (Å²) in [7, 11) is 3.67. The zero-order valence-corrected chi connectivity index (χ0v) is 14.9. The number of hydrogen-bond acceptors (Lipinski definition) is 3. The minimum Gasteiger partial charge on any atom is -0.340 e. The summed E-state index contributed by atoms with van der Waals surface area (Å²) in [5.41, 5.74) is 1.83. The van der Waals surface area contributed by atoms with Gasteiger partial charge in [-0.15, -0.1) is 0 Å². The fourth-order valence-corrected chi connectivity index (χ4v) is 3.36. The monoisotopic (exact) mass is 344 g/mol. The average molecular weight is 344 g/mol. The quantitative estimate of drug-likeness (QED) is 0.836. The first kappa shape index (κ1) is 17.6. The van der Waals surface area contributed by atoms with Crippen molar-refractivity contribution in [2.24, 2.45) is 7.05 Å². The van der Waals surface area contributed by atoms with Gasteiger partial charge in [-0.25, -0.2) is 4.39 Å². The first-order valence-electron chi connectivity index (χ1n) is 8.71. The number of aryl methyl sites for hydroxylation is 1. The Morgan fingerprint density at radius 3 is 2.68 bits per heavy atom. The number of likely N-dealkylation sites (N-methyl/N-ethyl adjacent to an activating group) is 1. The molecule has 1 aliphatic heterocycles. The van der Waals surface area contributed by atoms with Gasteiger partial charge in [0, 0.05) is 32.4 Å². The lowest BCUT2D eigenvalue weighted by Crippen LogP contribution is -2.41. The van der Waals surface area contributed by atoms with Gasteiger partial charge in [0.15, 0.2) is 0 Å². The highest BCUT2D eigenvalue weighted by molar-refractivity contribution is 5.78. The van der Waals surface area contributed by atoms with Crippen molar-refractivity contribution in [2.75, 3.05) is 26.7 Å². The van der Waals surface area contributed by atoms with Gasteiger partial charge in [0.05, 0.1) is 12.7 Å². The summed E-state index contributed by atoms with van der Waals surface area (Å²) in [5, 5.41) is 4.24. The number of likely N-dealkylation sites (tertiary alicyclic amines) is 1. The van der Waals surface area contributed by atoms with Crippen molar-refractivity contribution in [1.82, 2.24) is 19.6 Å². The molecule has 1 amide bonds. The zero-order chi connectivity index (χ0) is 17.8. The number of carbonyl (C=O) groups excluding carboxylic acids is 1. The molecule has 0 spiro atoms. The molecule has 6 heteroatoms. The molecule has 1 aliphatic rings. The molecule has 0 unspecified atom stereocenters. The summed E-state index contributed by atoms with van der Waals surface area (Å²) in [6.07, 6.45) is 6.09. The minimum atomic E-state index is -0.264. The Morgan fingerprint density at radius 2 is 2.04 bits per heavy atom. The van der Waals surface area contributed by atoms with Gasteiger partial charge < -0.3 is 4.90 Å². The molecule has 2 aromatic rings. The van der Waals surface area contributed by atoms with E-state index >= 15 is 0 Å². The third-order valence-electron chi connectivity index (χ3n) is 4.93. The number of piperidine rings is 1. The van der Waals surface area contributed by atoms with Gasteiger partial charge in [0.25, 0.3) is 0 Å². The van der Waals surface area contributed by atoms with Gasteiger partial charge in [-0.05, 0) is 43.5 Å². The van der Waals surface area contributed by atoms with Crippen LogP contribution in [0.25, 0.3) is 0 Å². The first-order chi connectivity index (χ1) is 12.0. The molecule has 25 heavy (non-hydrogen) atoms. The van der Waals surface area contributed by atoms with Crippen LogP contribution in [-0.4, -0.2) is 52.2 Å². The number of amides is 1. The molecular weight excluding hydrogens is 319 g/mol. The Balaban J connectivity index is 1.48. The van der Waals surface area contributed by atoms with Crippen LogP contribution < -0.4 is 0 Å². The van der Waals surface area contributed by atoms with Crippen LogP contribution in [-0.2, 0) is 18.4 Å². The highest BCUT2D eigenvalue weighted by Crippen LogP contribution is 2.27. The second-order valence-electron chi connectivity index (χ2n) is 6.84. The molecule has 1 fully saturated rings. The Labute approximate surface area is 148 Å². The number of carbonyl (C=O) groups is 1. The number of rotatable bonds is 5. The summed E-state index contributed by atoms with van der Waals surface area (Å²) in [6.45, 7) is 2.50. The maximum absolute atomic E-state index is 13.7. The highest BCUT2D eigenvalue weighted by Gasteiger charge is 2.24. The van der Waals surface area contributed by atoms with Crippen molar-refractivity contribution in [3.63, 3.8) is 0 Å². The Kier molecular flexibility index (Phi) is 5.48. The molecule has 0 saturated carbocycles. The van der Waals surface area contributed by atoms with Crippen molar-refractivity contribution in [3.05, 3.63) is 53.6 Å². The fraction of sp³-hybridized carbons (Fsp3) is 0.474. The third-order valence-corrected chi connectivity index (χ3v) is 4.93. The predicted molar refractivity (Wildman–Crippen MR) is 94.5 cm³/mol. The van der Waals surface area contributed by atoms with E-state index in [0.29, 0.717) is 24.6 Å². The smallest absolute Gasteiger partial charge is 0.236 e. The predicted octanol–water partition coefficient (Wildman–Crippen LogP) is 2.40. The number of aromatic nitrogens is 2. The van der Waals surface area contributed by atoms with E-state index in [1.807, 2.05) is 17.9 Å². The second-order valence-corrected chi connectivity index (χ2v) is 6.84. The molecule has 0 N–H and O–H groups in total. The van der Waals surface area contributed by atoms with Crippen molar-refractivity contribution >= 4 is 5.91 Å². The topological polar surface area (TPSA) is 41.4 Å². The average Bonchev–Trinajstić information content (AvgIpc) is 3.04. The van der Waals surface area contributed by atoms with E-state index in [0.717, 1.165) is 25.9 Å². The van der Waals surface area contributed by atoms with E-state index in [1.54, 1.807) is 30.1 Å². The molecule has 1 aromatic heterocycles. The summed E-state index contributed by atoms with van der Waals surface area (Å²) in [6, 6.07) is 6.60. The van der Waals surface area contributed by atoms with Gasteiger partial charge in [-0.2, -0.15) is 5.10 Å². The van der Waals surface area contributed by atoms with Gasteiger partial charge in [-0.3, -0.25) is 14.4 Å². The molecular formula is C19H25FN4O. The highest BCUT2D eigenvalue weighted by atomic mass is 19.1. The van der Waals surface area contributed by atoms with Gasteiger partial charge in [-0.1, -0.05) is 18.2 Å². The van der Waals surface area contributed by atoms with E-state index in [-0.39, 0.29) is 11.7 Å². The Hall–Kier alpha value is -2.21. The third kappa shape index (κ3) is 4.45. The van der Waals surface area contributed by atoms with E-state index in [2.05, 4.69) is 16.2 Å². The van der Waals surface area contributed by atoms with Gasteiger partial charge >= 0.3 is 0 Å².